The Morgan fingerprint density at radius 3 is 2.03 bits per heavy atom. The molecule has 5 nitrogen and oxygen atoms in total. The van der Waals surface area contributed by atoms with Crippen molar-refractivity contribution in [3.8, 4) is 33.9 Å². The molecule has 1 unspecified atom stereocenters. The highest BCUT2D eigenvalue weighted by Crippen LogP contribution is 2.38. The summed E-state index contributed by atoms with van der Waals surface area (Å²) in [5, 5.41) is 2.04. The summed E-state index contributed by atoms with van der Waals surface area (Å²) in [6, 6.07) is 20.8. The molecule has 2 aromatic carbocycles. The van der Waals surface area contributed by atoms with Crippen molar-refractivity contribution in [3.63, 3.8) is 0 Å². The molecule has 1 saturated heterocycles. The fourth-order valence-electron chi connectivity index (χ4n) is 4.66. The smallest absolute Gasteiger partial charge is 0.147 e. The van der Waals surface area contributed by atoms with Gasteiger partial charge in [0.15, 0.2) is 0 Å². The van der Waals surface area contributed by atoms with Crippen LogP contribution < -0.4 is 9.57 Å². The van der Waals surface area contributed by atoms with E-state index in [1.807, 2.05) is 49.3 Å². The Morgan fingerprint density at radius 1 is 0.784 bits per heavy atom. The van der Waals surface area contributed by atoms with Crippen molar-refractivity contribution in [2.75, 3.05) is 27.3 Å². The van der Waals surface area contributed by atoms with Gasteiger partial charge in [0, 0.05) is 29.6 Å². The largest absolute Gasteiger partial charge is 0.497 e. The minimum atomic E-state index is -0.200. The molecule has 1 fully saturated rings. The lowest BCUT2D eigenvalue weighted by atomic mass is 9.79. The minimum Gasteiger partial charge on any atom is -0.497 e. The average Bonchev–Trinajstić information content (AvgIpc) is 3.48. The topological polar surface area (TPSA) is 43.8 Å². The molecule has 3 aromatic rings. The average molecular weight is 499 g/mol. The zero-order valence-electron chi connectivity index (χ0n) is 22.7. The Balaban J connectivity index is 0.00000156. The lowest BCUT2D eigenvalue weighted by Crippen LogP contribution is -2.23. The summed E-state index contributed by atoms with van der Waals surface area (Å²) in [7, 11) is 3.39. The third kappa shape index (κ3) is 6.05. The van der Waals surface area contributed by atoms with E-state index in [4.69, 9.17) is 19.3 Å². The van der Waals surface area contributed by atoms with Crippen LogP contribution in [0, 0.1) is 0 Å². The van der Waals surface area contributed by atoms with Gasteiger partial charge < -0.3 is 14.3 Å². The van der Waals surface area contributed by atoms with Gasteiger partial charge in [-0.05, 0) is 79.4 Å². The second kappa shape index (κ2) is 12.1. The number of aromatic nitrogens is 1. The van der Waals surface area contributed by atoms with Crippen LogP contribution in [0.1, 0.15) is 45.7 Å². The lowest BCUT2D eigenvalue weighted by molar-refractivity contribution is -0.0346. The molecule has 1 aromatic heterocycles. The van der Waals surface area contributed by atoms with Crippen LogP contribution in [0.5, 0.6) is 11.5 Å². The Labute approximate surface area is 221 Å². The van der Waals surface area contributed by atoms with E-state index in [9.17, 15) is 0 Å². The number of benzene rings is 2. The SMILES string of the molecule is CC.COC1=CCC(C)(c2ccc(-c3ccc(OC)cc3)c(-c3ccc(ON4CCCC4)cc3)n2)C=C1. The number of rotatable bonds is 7. The molecule has 1 atom stereocenters. The summed E-state index contributed by atoms with van der Waals surface area (Å²) in [6.45, 7) is 8.19. The number of hydroxylamine groups is 2. The molecule has 1 aliphatic carbocycles. The van der Waals surface area contributed by atoms with Crippen LogP contribution in [0.4, 0.5) is 0 Å². The molecule has 2 heterocycles. The maximum atomic E-state index is 6.03. The standard InChI is InChI=1S/C30H32N2O3.C2H6/c1-30(18-16-25(34-3)17-19-30)28-15-14-27(22-6-10-24(33-2)11-7-22)29(31-28)23-8-12-26(13-9-23)35-32-20-4-5-21-32;1-2/h6-18H,4-5,19-21H2,1-3H3;1-2H3. The number of pyridine rings is 1. The van der Waals surface area contributed by atoms with Crippen LogP contribution in [0.3, 0.4) is 0 Å². The summed E-state index contributed by atoms with van der Waals surface area (Å²) < 4.78 is 10.8. The van der Waals surface area contributed by atoms with Crippen LogP contribution in [0.2, 0.25) is 0 Å². The molecule has 0 N–H and O–H groups in total. The molecular formula is C32H38N2O3. The molecule has 0 amide bonds. The first-order valence-corrected chi connectivity index (χ1v) is 13.2. The van der Waals surface area contributed by atoms with Crippen LogP contribution >= 0.6 is 0 Å². The van der Waals surface area contributed by atoms with E-state index in [-0.39, 0.29) is 5.41 Å². The van der Waals surface area contributed by atoms with E-state index in [2.05, 4.69) is 55.5 Å². The third-order valence-electron chi connectivity index (χ3n) is 6.89. The maximum Gasteiger partial charge on any atom is 0.147 e. The summed E-state index contributed by atoms with van der Waals surface area (Å²) in [5.74, 6) is 2.59. The highest BCUT2D eigenvalue weighted by atomic mass is 16.7. The fraction of sp³-hybridized carbons (Fsp3) is 0.344. The second-order valence-electron chi connectivity index (χ2n) is 9.34. The molecule has 1 aliphatic heterocycles. The zero-order valence-corrected chi connectivity index (χ0v) is 22.7. The highest BCUT2D eigenvalue weighted by Gasteiger charge is 2.28. The predicted molar refractivity (Wildman–Crippen MR) is 151 cm³/mol. The normalized spacial score (nSPS) is 19.0. The zero-order chi connectivity index (χ0) is 26.3. The van der Waals surface area contributed by atoms with E-state index in [1.54, 1.807) is 14.2 Å². The van der Waals surface area contributed by atoms with Crippen molar-refractivity contribution in [3.05, 3.63) is 90.3 Å². The minimum absolute atomic E-state index is 0.200. The van der Waals surface area contributed by atoms with Gasteiger partial charge in [-0.3, -0.25) is 4.98 Å². The number of hydrogen-bond acceptors (Lipinski definition) is 5. The molecule has 0 radical (unpaired) electrons. The number of hydrogen-bond donors (Lipinski definition) is 0. The molecule has 0 bridgehead atoms. The molecule has 0 spiro atoms. The van der Waals surface area contributed by atoms with Gasteiger partial charge in [-0.15, -0.1) is 5.06 Å². The second-order valence-corrected chi connectivity index (χ2v) is 9.34. The maximum absolute atomic E-state index is 6.03. The number of ether oxygens (including phenoxy) is 2. The fourth-order valence-corrected chi connectivity index (χ4v) is 4.66. The number of nitrogens with zero attached hydrogens (tertiary/aromatic N) is 2. The summed E-state index contributed by atoms with van der Waals surface area (Å²) in [5.41, 5.74) is 5.03. The van der Waals surface area contributed by atoms with Gasteiger partial charge in [-0.2, -0.15) is 0 Å². The van der Waals surface area contributed by atoms with E-state index in [0.717, 1.165) is 64.8 Å². The molecule has 2 aliphatic rings. The molecule has 5 rings (SSSR count). The van der Waals surface area contributed by atoms with Crippen molar-refractivity contribution in [1.82, 2.24) is 10.0 Å². The van der Waals surface area contributed by atoms with E-state index in [0.29, 0.717) is 0 Å². The lowest BCUT2D eigenvalue weighted by Gasteiger charge is -2.28. The van der Waals surface area contributed by atoms with Gasteiger partial charge in [-0.1, -0.05) is 45.0 Å². The van der Waals surface area contributed by atoms with Crippen molar-refractivity contribution in [1.29, 1.82) is 0 Å². The monoisotopic (exact) mass is 498 g/mol. The molecule has 5 heteroatoms. The van der Waals surface area contributed by atoms with Crippen LogP contribution in [0.25, 0.3) is 22.4 Å². The van der Waals surface area contributed by atoms with Crippen molar-refractivity contribution in [2.24, 2.45) is 0 Å². The van der Waals surface area contributed by atoms with Crippen molar-refractivity contribution >= 4 is 0 Å². The van der Waals surface area contributed by atoms with Gasteiger partial charge in [-0.25, -0.2) is 0 Å². The first-order chi connectivity index (χ1) is 18.1. The van der Waals surface area contributed by atoms with Crippen LogP contribution in [-0.4, -0.2) is 37.4 Å². The van der Waals surface area contributed by atoms with Gasteiger partial charge in [0.1, 0.15) is 17.3 Å². The van der Waals surface area contributed by atoms with Crippen LogP contribution in [-0.2, 0) is 10.2 Å². The van der Waals surface area contributed by atoms with Crippen molar-refractivity contribution in [2.45, 2.75) is 45.4 Å². The number of allylic oxidation sites excluding steroid dienone is 3. The molecular weight excluding hydrogens is 460 g/mol. The van der Waals surface area contributed by atoms with Crippen molar-refractivity contribution < 1.29 is 14.3 Å². The first-order valence-electron chi connectivity index (χ1n) is 13.2. The Morgan fingerprint density at radius 2 is 1.43 bits per heavy atom. The van der Waals surface area contributed by atoms with Gasteiger partial charge in [0.05, 0.1) is 25.6 Å². The summed E-state index contributed by atoms with van der Waals surface area (Å²) >= 11 is 0. The molecule has 194 valence electrons. The first kappa shape index (κ1) is 26.5. The Bertz CT molecular complexity index is 1230. The molecule has 0 saturated carbocycles. The highest BCUT2D eigenvalue weighted by molar-refractivity contribution is 5.81. The quantitative estimate of drug-likeness (QED) is 0.336. The summed E-state index contributed by atoms with van der Waals surface area (Å²) in [4.78, 5) is 11.3. The van der Waals surface area contributed by atoms with Gasteiger partial charge >= 0.3 is 0 Å². The van der Waals surface area contributed by atoms with E-state index in [1.165, 1.54) is 12.8 Å². The predicted octanol–water partition coefficient (Wildman–Crippen LogP) is 7.59. The molecule has 37 heavy (non-hydrogen) atoms. The summed E-state index contributed by atoms with van der Waals surface area (Å²) in [6.07, 6.45) is 9.57. The number of methoxy groups -OCH3 is 2. The van der Waals surface area contributed by atoms with E-state index >= 15 is 0 Å². The van der Waals surface area contributed by atoms with Crippen LogP contribution in [0.15, 0.2) is 84.7 Å². The third-order valence-corrected chi connectivity index (χ3v) is 6.89. The Kier molecular flexibility index (Phi) is 8.67. The van der Waals surface area contributed by atoms with Gasteiger partial charge in [0.2, 0.25) is 0 Å². The Hall–Kier alpha value is -3.57. The van der Waals surface area contributed by atoms with Gasteiger partial charge in [0.25, 0.3) is 0 Å². The van der Waals surface area contributed by atoms with E-state index < -0.39 is 0 Å².